The highest BCUT2D eigenvalue weighted by Crippen LogP contribution is 2.28. The number of amides is 1. The maximum Gasteiger partial charge on any atom is 0.242 e. The second-order valence-electron chi connectivity index (χ2n) is 5.37. The molecule has 0 aliphatic heterocycles. The number of hydrogen-bond donors (Lipinski definition) is 1. The van der Waals surface area contributed by atoms with Crippen LogP contribution in [0.5, 0.6) is 5.75 Å². The molecule has 1 aromatic rings. The molecule has 4 nitrogen and oxygen atoms in total. The Bertz CT molecular complexity index is 476. The summed E-state index contributed by atoms with van der Waals surface area (Å²) in [6.07, 6.45) is 3.63. The van der Waals surface area contributed by atoms with Gasteiger partial charge in [0.05, 0.1) is 17.1 Å². The Balaban J connectivity index is 0.00000220. The van der Waals surface area contributed by atoms with Crippen molar-refractivity contribution in [1.29, 1.82) is 0 Å². The van der Waals surface area contributed by atoms with Crippen molar-refractivity contribution < 1.29 is 9.53 Å². The molecule has 6 heteroatoms. The van der Waals surface area contributed by atoms with Crippen LogP contribution in [0.3, 0.4) is 0 Å². The highest BCUT2D eigenvalue weighted by Gasteiger charge is 2.38. The fourth-order valence-electron chi connectivity index (χ4n) is 2.56. The quantitative estimate of drug-likeness (QED) is 0.901. The van der Waals surface area contributed by atoms with Gasteiger partial charge in [-0.1, -0.05) is 36.6 Å². The number of para-hydroxylation sites is 1. The molecule has 0 bridgehead atoms. The van der Waals surface area contributed by atoms with Crippen molar-refractivity contribution in [2.75, 3.05) is 20.2 Å². The monoisotopic (exact) mass is 332 g/mol. The van der Waals surface area contributed by atoms with Crippen molar-refractivity contribution >= 4 is 29.9 Å². The minimum atomic E-state index is -0.668. The average molecular weight is 333 g/mol. The fourth-order valence-corrected chi connectivity index (χ4v) is 2.75. The van der Waals surface area contributed by atoms with E-state index in [0.29, 0.717) is 23.9 Å². The highest BCUT2D eigenvalue weighted by atomic mass is 35.5. The summed E-state index contributed by atoms with van der Waals surface area (Å²) in [5.74, 6) is 0.649. The Hall–Kier alpha value is -0.970. The first kappa shape index (κ1) is 18.1. The molecule has 1 saturated carbocycles. The van der Waals surface area contributed by atoms with Crippen LogP contribution in [0, 0.1) is 0 Å². The number of hydrogen-bond acceptors (Lipinski definition) is 3. The van der Waals surface area contributed by atoms with Crippen LogP contribution >= 0.6 is 24.0 Å². The first-order valence-corrected chi connectivity index (χ1v) is 7.32. The summed E-state index contributed by atoms with van der Waals surface area (Å²) in [4.78, 5) is 14.0. The second kappa shape index (κ2) is 7.87. The van der Waals surface area contributed by atoms with Crippen molar-refractivity contribution in [2.24, 2.45) is 5.73 Å². The van der Waals surface area contributed by atoms with Crippen LogP contribution in [0.15, 0.2) is 24.3 Å². The van der Waals surface area contributed by atoms with E-state index in [1.165, 1.54) is 0 Å². The van der Waals surface area contributed by atoms with Crippen LogP contribution in [-0.2, 0) is 4.79 Å². The maximum absolute atomic E-state index is 12.3. The summed E-state index contributed by atoms with van der Waals surface area (Å²) in [7, 11) is 1.77. The lowest BCUT2D eigenvalue weighted by molar-refractivity contribution is -0.135. The van der Waals surface area contributed by atoms with Gasteiger partial charge < -0.3 is 15.4 Å². The lowest BCUT2D eigenvalue weighted by Gasteiger charge is -2.28. The summed E-state index contributed by atoms with van der Waals surface area (Å²) < 4.78 is 5.59. The zero-order valence-corrected chi connectivity index (χ0v) is 13.8. The largest absolute Gasteiger partial charge is 0.490 e. The average Bonchev–Trinajstić information content (AvgIpc) is 2.88. The number of rotatable bonds is 5. The number of likely N-dealkylation sites (N-methyl/N-ethyl adjacent to an activating group) is 1. The Labute approximate surface area is 137 Å². The Kier molecular flexibility index (Phi) is 6.78. The van der Waals surface area contributed by atoms with Gasteiger partial charge in [0.25, 0.3) is 0 Å². The summed E-state index contributed by atoms with van der Waals surface area (Å²) >= 11 is 6.00. The van der Waals surface area contributed by atoms with Crippen LogP contribution in [0.4, 0.5) is 0 Å². The fraction of sp³-hybridized carbons (Fsp3) is 0.533. The van der Waals surface area contributed by atoms with Crippen LogP contribution < -0.4 is 10.5 Å². The SMILES string of the molecule is CN(CCOc1ccccc1Cl)C(=O)C1(N)CCCC1.Cl. The number of carbonyl (C=O) groups is 1. The Morgan fingerprint density at radius 2 is 2.00 bits per heavy atom. The third-order valence-electron chi connectivity index (χ3n) is 3.79. The predicted molar refractivity (Wildman–Crippen MR) is 87.2 cm³/mol. The van der Waals surface area contributed by atoms with Crippen molar-refractivity contribution in [3.8, 4) is 5.75 Å². The van der Waals surface area contributed by atoms with E-state index in [2.05, 4.69) is 0 Å². The summed E-state index contributed by atoms with van der Waals surface area (Å²) in [5, 5.41) is 0.576. The topological polar surface area (TPSA) is 55.6 Å². The zero-order chi connectivity index (χ0) is 14.6. The molecular formula is C15H22Cl2N2O2. The molecule has 0 spiro atoms. The summed E-state index contributed by atoms with van der Waals surface area (Å²) in [5.41, 5.74) is 5.49. The first-order valence-electron chi connectivity index (χ1n) is 6.95. The van der Waals surface area contributed by atoms with Gasteiger partial charge in [0, 0.05) is 7.05 Å². The van der Waals surface area contributed by atoms with E-state index < -0.39 is 5.54 Å². The number of benzene rings is 1. The summed E-state index contributed by atoms with van der Waals surface area (Å²) in [6.45, 7) is 0.908. The van der Waals surface area contributed by atoms with Crippen LogP contribution in [0.2, 0.25) is 5.02 Å². The molecule has 118 valence electrons. The minimum absolute atomic E-state index is 0. The zero-order valence-electron chi connectivity index (χ0n) is 12.2. The van der Waals surface area contributed by atoms with Crippen LogP contribution in [-0.4, -0.2) is 36.5 Å². The van der Waals surface area contributed by atoms with Crippen molar-refractivity contribution in [3.63, 3.8) is 0 Å². The molecule has 0 unspecified atom stereocenters. The van der Waals surface area contributed by atoms with Gasteiger partial charge in [0.15, 0.2) is 0 Å². The molecule has 0 aromatic heterocycles. The van der Waals surface area contributed by atoms with E-state index in [1.807, 2.05) is 18.2 Å². The summed E-state index contributed by atoms with van der Waals surface area (Å²) in [6, 6.07) is 7.30. The van der Waals surface area contributed by atoms with Gasteiger partial charge in [-0.25, -0.2) is 0 Å². The molecule has 21 heavy (non-hydrogen) atoms. The highest BCUT2D eigenvalue weighted by molar-refractivity contribution is 6.32. The third-order valence-corrected chi connectivity index (χ3v) is 4.10. The molecular weight excluding hydrogens is 311 g/mol. The number of nitrogens with zero attached hydrogens (tertiary/aromatic N) is 1. The van der Waals surface area contributed by atoms with E-state index in [0.717, 1.165) is 25.7 Å². The van der Waals surface area contributed by atoms with Gasteiger partial charge in [-0.15, -0.1) is 12.4 Å². The molecule has 0 atom stereocenters. The normalized spacial score (nSPS) is 16.1. The van der Waals surface area contributed by atoms with Gasteiger partial charge in [-0.05, 0) is 25.0 Å². The number of nitrogens with two attached hydrogens (primary N) is 1. The van der Waals surface area contributed by atoms with E-state index >= 15 is 0 Å². The number of ether oxygens (including phenoxy) is 1. The molecule has 1 aliphatic rings. The van der Waals surface area contributed by atoms with Gasteiger partial charge in [0.2, 0.25) is 5.91 Å². The molecule has 2 rings (SSSR count). The van der Waals surface area contributed by atoms with Crippen molar-refractivity contribution in [3.05, 3.63) is 29.3 Å². The Morgan fingerprint density at radius 1 is 1.38 bits per heavy atom. The van der Waals surface area contributed by atoms with Gasteiger partial charge in [-0.2, -0.15) is 0 Å². The van der Waals surface area contributed by atoms with Crippen LogP contribution in [0.25, 0.3) is 0 Å². The molecule has 1 amide bonds. The van der Waals surface area contributed by atoms with E-state index in [9.17, 15) is 4.79 Å². The molecule has 1 aliphatic carbocycles. The van der Waals surface area contributed by atoms with Gasteiger partial charge in [0.1, 0.15) is 12.4 Å². The lowest BCUT2D eigenvalue weighted by atomic mass is 9.97. The van der Waals surface area contributed by atoms with E-state index in [4.69, 9.17) is 22.1 Å². The van der Waals surface area contributed by atoms with E-state index in [-0.39, 0.29) is 18.3 Å². The predicted octanol–water partition coefficient (Wildman–Crippen LogP) is 2.87. The van der Waals surface area contributed by atoms with Crippen molar-refractivity contribution in [2.45, 2.75) is 31.2 Å². The number of halogens is 2. The minimum Gasteiger partial charge on any atom is -0.490 e. The lowest BCUT2D eigenvalue weighted by Crippen LogP contribution is -2.53. The molecule has 0 saturated heterocycles. The molecule has 0 heterocycles. The van der Waals surface area contributed by atoms with E-state index in [1.54, 1.807) is 18.0 Å². The second-order valence-corrected chi connectivity index (χ2v) is 5.78. The smallest absolute Gasteiger partial charge is 0.242 e. The Morgan fingerprint density at radius 3 is 2.62 bits per heavy atom. The molecule has 1 fully saturated rings. The number of carbonyl (C=O) groups excluding carboxylic acids is 1. The molecule has 1 aromatic carbocycles. The van der Waals surface area contributed by atoms with Crippen LogP contribution in [0.1, 0.15) is 25.7 Å². The molecule has 2 N–H and O–H groups in total. The third kappa shape index (κ3) is 4.50. The van der Waals surface area contributed by atoms with Gasteiger partial charge >= 0.3 is 0 Å². The first-order chi connectivity index (χ1) is 9.53. The molecule has 0 radical (unpaired) electrons. The maximum atomic E-state index is 12.3. The van der Waals surface area contributed by atoms with Gasteiger partial charge in [-0.3, -0.25) is 4.79 Å². The van der Waals surface area contributed by atoms with Crippen molar-refractivity contribution in [1.82, 2.24) is 4.90 Å². The standard InChI is InChI=1S/C15H21ClN2O2.ClH/c1-18(14(19)15(17)8-4-5-9-15)10-11-20-13-7-3-2-6-12(13)16;/h2-3,6-7H,4-5,8-11,17H2,1H3;1H.